The summed E-state index contributed by atoms with van der Waals surface area (Å²) < 4.78 is 13.3. The molecule has 0 radical (unpaired) electrons. The summed E-state index contributed by atoms with van der Waals surface area (Å²) in [5.74, 6) is 0.388. The van der Waals surface area contributed by atoms with Crippen molar-refractivity contribution in [3.05, 3.63) is 71.0 Å². The topological polar surface area (TPSA) is 49.4 Å². The number of aryl methyl sites for hydroxylation is 1. The highest BCUT2D eigenvalue weighted by Crippen LogP contribution is 2.17. The standard InChI is InChI=1S/C24H31FN2O2S/c1-5-18(3)26-24(29)19(4)27(14-20-10-12-22(25)13-11-20)23(28)16-30-15-21-8-6-17(2)7-9-21/h6-13,18-19H,5,14-16H2,1-4H3,(H,26,29)/t18-,19+/m0/s1. The van der Waals surface area contributed by atoms with Crippen molar-refractivity contribution in [2.45, 2.75) is 58.5 Å². The molecule has 0 unspecified atom stereocenters. The number of carbonyl (C=O) groups excluding carboxylic acids is 2. The molecular formula is C24H31FN2O2S. The Kier molecular flexibility index (Phi) is 9.37. The van der Waals surface area contributed by atoms with E-state index in [4.69, 9.17) is 0 Å². The van der Waals surface area contributed by atoms with Crippen LogP contribution in [0.4, 0.5) is 4.39 Å². The van der Waals surface area contributed by atoms with Crippen LogP contribution in [0.5, 0.6) is 0 Å². The van der Waals surface area contributed by atoms with Gasteiger partial charge in [-0.05, 0) is 50.5 Å². The van der Waals surface area contributed by atoms with E-state index in [2.05, 4.69) is 29.6 Å². The van der Waals surface area contributed by atoms with Gasteiger partial charge in [-0.3, -0.25) is 9.59 Å². The lowest BCUT2D eigenvalue weighted by Crippen LogP contribution is -2.50. The molecule has 0 bridgehead atoms. The van der Waals surface area contributed by atoms with Crippen LogP contribution in [-0.4, -0.2) is 34.6 Å². The first kappa shape index (κ1) is 23.9. The lowest BCUT2D eigenvalue weighted by atomic mass is 10.1. The maximum Gasteiger partial charge on any atom is 0.242 e. The van der Waals surface area contributed by atoms with Crippen LogP contribution in [0.3, 0.4) is 0 Å². The van der Waals surface area contributed by atoms with E-state index in [0.29, 0.717) is 0 Å². The lowest BCUT2D eigenvalue weighted by Gasteiger charge is -2.29. The maximum absolute atomic E-state index is 13.3. The van der Waals surface area contributed by atoms with Gasteiger partial charge in [0.15, 0.2) is 0 Å². The van der Waals surface area contributed by atoms with Crippen molar-refractivity contribution in [1.82, 2.24) is 10.2 Å². The van der Waals surface area contributed by atoms with Crippen LogP contribution in [-0.2, 0) is 21.9 Å². The first-order valence-corrected chi connectivity index (χ1v) is 11.4. The van der Waals surface area contributed by atoms with Gasteiger partial charge in [-0.15, -0.1) is 11.8 Å². The summed E-state index contributed by atoms with van der Waals surface area (Å²) in [5.41, 5.74) is 3.15. The van der Waals surface area contributed by atoms with Crippen molar-refractivity contribution >= 4 is 23.6 Å². The van der Waals surface area contributed by atoms with Crippen molar-refractivity contribution in [2.24, 2.45) is 0 Å². The van der Waals surface area contributed by atoms with Gasteiger partial charge in [0, 0.05) is 18.3 Å². The van der Waals surface area contributed by atoms with E-state index < -0.39 is 6.04 Å². The van der Waals surface area contributed by atoms with Gasteiger partial charge in [0.05, 0.1) is 5.75 Å². The Hall–Kier alpha value is -2.34. The van der Waals surface area contributed by atoms with Crippen molar-refractivity contribution in [2.75, 3.05) is 5.75 Å². The van der Waals surface area contributed by atoms with Gasteiger partial charge in [0.2, 0.25) is 11.8 Å². The number of rotatable bonds is 10. The fourth-order valence-electron chi connectivity index (χ4n) is 2.86. The third-order valence-corrected chi connectivity index (χ3v) is 6.04. The Bertz CT molecular complexity index is 824. The molecule has 1 N–H and O–H groups in total. The van der Waals surface area contributed by atoms with Gasteiger partial charge in [-0.25, -0.2) is 4.39 Å². The second kappa shape index (κ2) is 11.7. The molecular weight excluding hydrogens is 399 g/mol. The summed E-state index contributed by atoms with van der Waals surface area (Å²) in [4.78, 5) is 27.2. The Balaban J connectivity index is 2.06. The van der Waals surface area contributed by atoms with Crippen molar-refractivity contribution in [3.63, 3.8) is 0 Å². The number of nitrogens with zero attached hydrogens (tertiary/aromatic N) is 1. The van der Waals surface area contributed by atoms with Crippen LogP contribution in [0.1, 0.15) is 43.9 Å². The van der Waals surface area contributed by atoms with Gasteiger partial charge in [0.25, 0.3) is 0 Å². The smallest absolute Gasteiger partial charge is 0.242 e. The average molecular weight is 431 g/mol. The van der Waals surface area contributed by atoms with Gasteiger partial charge in [0.1, 0.15) is 11.9 Å². The third-order valence-electron chi connectivity index (χ3n) is 5.05. The van der Waals surface area contributed by atoms with E-state index in [1.165, 1.54) is 29.5 Å². The van der Waals surface area contributed by atoms with E-state index in [9.17, 15) is 14.0 Å². The molecule has 6 heteroatoms. The van der Waals surface area contributed by atoms with E-state index in [0.717, 1.165) is 23.3 Å². The predicted octanol–water partition coefficient (Wildman–Crippen LogP) is 4.70. The quantitative estimate of drug-likeness (QED) is 0.594. The number of carbonyl (C=O) groups is 2. The largest absolute Gasteiger partial charge is 0.352 e. The second-order valence-electron chi connectivity index (χ2n) is 7.62. The van der Waals surface area contributed by atoms with Gasteiger partial charge >= 0.3 is 0 Å². The molecule has 0 saturated heterocycles. The number of hydrogen-bond donors (Lipinski definition) is 1. The Morgan fingerprint density at radius 1 is 1.03 bits per heavy atom. The number of benzene rings is 2. The molecule has 0 fully saturated rings. The zero-order valence-electron chi connectivity index (χ0n) is 18.2. The third kappa shape index (κ3) is 7.48. The summed E-state index contributed by atoms with van der Waals surface area (Å²) >= 11 is 1.53. The van der Waals surface area contributed by atoms with Gasteiger partial charge in [-0.2, -0.15) is 0 Å². The first-order valence-electron chi connectivity index (χ1n) is 10.3. The number of amides is 2. The van der Waals surface area contributed by atoms with Crippen molar-refractivity contribution in [1.29, 1.82) is 0 Å². The van der Waals surface area contributed by atoms with Crippen LogP contribution in [0.2, 0.25) is 0 Å². The molecule has 0 saturated carbocycles. The minimum atomic E-state index is -0.614. The summed E-state index contributed by atoms with van der Waals surface area (Å²) in [6.45, 7) is 7.98. The van der Waals surface area contributed by atoms with E-state index in [1.54, 1.807) is 24.0 Å². The second-order valence-corrected chi connectivity index (χ2v) is 8.61. The molecule has 2 atom stereocenters. The van der Waals surface area contributed by atoms with E-state index in [-0.39, 0.29) is 36.0 Å². The molecule has 0 aliphatic carbocycles. The molecule has 0 spiro atoms. The molecule has 0 aromatic heterocycles. The number of nitrogens with one attached hydrogen (secondary N) is 1. The highest BCUT2D eigenvalue weighted by molar-refractivity contribution is 7.99. The van der Waals surface area contributed by atoms with Crippen LogP contribution >= 0.6 is 11.8 Å². The Labute approximate surface area is 183 Å². The van der Waals surface area contributed by atoms with Gasteiger partial charge in [-0.1, -0.05) is 48.9 Å². The number of thioether (sulfide) groups is 1. The van der Waals surface area contributed by atoms with Crippen LogP contribution in [0.15, 0.2) is 48.5 Å². The summed E-state index contributed by atoms with van der Waals surface area (Å²) in [6, 6.07) is 13.7. The summed E-state index contributed by atoms with van der Waals surface area (Å²) in [5, 5.41) is 2.95. The highest BCUT2D eigenvalue weighted by atomic mass is 32.2. The zero-order chi connectivity index (χ0) is 22.1. The van der Waals surface area contributed by atoms with E-state index >= 15 is 0 Å². The normalized spacial score (nSPS) is 12.8. The molecule has 0 aliphatic heterocycles. The van der Waals surface area contributed by atoms with Crippen LogP contribution in [0.25, 0.3) is 0 Å². The van der Waals surface area contributed by atoms with E-state index in [1.807, 2.05) is 20.8 Å². The molecule has 0 heterocycles. The fourth-order valence-corrected chi connectivity index (χ4v) is 3.73. The Morgan fingerprint density at radius 3 is 2.23 bits per heavy atom. The monoisotopic (exact) mass is 430 g/mol. The fraction of sp³-hybridized carbons (Fsp3) is 0.417. The molecule has 0 aliphatic rings. The predicted molar refractivity (Wildman–Crippen MR) is 122 cm³/mol. The first-order chi connectivity index (χ1) is 14.3. The van der Waals surface area contributed by atoms with Crippen LogP contribution in [0, 0.1) is 12.7 Å². The molecule has 4 nitrogen and oxygen atoms in total. The average Bonchev–Trinajstić information content (AvgIpc) is 2.74. The van der Waals surface area contributed by atoms with Crippen molar-refractivity contribution in [3.8, 4) is 0 Å². The van der Waals surface area contributed by atoms with Crippen molar-refractivity contribution < 1.29 is 14.0 Å². The SMILES string of the molecule is CC[C@H](C)NC(=O)[C@@H](C)N(Cc1ccc(F)cc1)C(=O)CSCc1ccc(C)cc1. The molecule has 2 aromatic carbocycles. The summed E-state index contributed by atoms with van der Waals surface area (Å²) in [7, 11) is 0. The molecule has 2 aromatic rings. The molecule has 30 heavy (non-hydrogen) atoms. The molecule has 2 rings (SSSR count). The van der Waals surface area contributed by atoms with Gasteiger partial charge < -0.3 is 10.2 Å². The lowest BCUT2D eigenvalue weighted by molar-refractivity contribution is -0.138. The van der Waals surface area contributed by atoms with Crippen LogP contribution < -0.4 is 5.32 Å². The zero-order valence-corrected chi connectivity index (χ0v) is 19.0. The minimum absolute atomic E-state index is 0.0404. The summed E-state index contributed by atoms with van der Waals surface area (Å²) in [6.07, 6.45) is 0.816. The minimum Gasteiger partial charge on any atom is -0.352 e. The number of hydrogen-bond acceptors (Lipinski definition) is 3. The molecule has 2 amide bonds. The Morgan fingerprint density at radius 2 is 1.63 bits per heavy atom. The maximum atomic E-state index is 13.3. The highest BCUT2D eigenvalue weighted by Gasteiger charge is 2.26. The number of halogens is 1. The molecule has 162 valence electrons.